The zero-order chi connectivity index (χ0) is 11.1. The van der Waals surface area contributed by atoms with Crippen molar-refractivity contribution in [3.05, 3.63) is 35.9 Å². The van der Waals surface area contributed by atoms with E-state index in [2.05, 4.69) is 12.1 Å². The molecule has 0 spiro atoms. The molecule has 1 rings (SSSR count). The van der Waals surface area contributed by atoms with Crippen LogP contribution in [0.5, 0.6) is 0 Å². The van der Waals surface area contributed by atoms with Crippen LogP contribution in [0.1, 0.15) is 5.56 Å². The number of benzene rings is 1. The smallest absolute Gasteiger partial charge is 0.166 e. The van der Waals surface area contributed by atoms with E-state index in [0.29, 0.717) is 11.7 Å². The highest BCUT2D eigenvalue weighted by molar-refractivity contribution is 7.80. The molecular formula is C11H16N2OS. The molecule has 82 valence electrons. The standard InChI is InChI=1S/C11H16N2OS/c1-14-8-7-13(11(12)15)9-10-5-3-2-4-6-10/h2-6H,7-9H2,1H3,(H2,12,15). The summed E-state index contributed by atoms with van der Waals surface area (Å²) in [6.45, 7) is 2.09. The first-order chi connectivity index (χ1) is 7.24. The van der Waals surface area contributed by atoms with Gasteiger partial charge in [-0.05, 0) is 17.8 Å². The molecular weight excluding hydrogens is 208 g/mol. The van der Waals surface area contributed by atoms with Crippen LogP contribution < -0.4 is 5.73 Å². The van der Waals surface area contributed by atoms with Crippen LogP contribution in [0.2, 0.25) is 0 Å². The van der Waals surface area contributed by atoms with Gasteiger partial charge in [0.15, 0.2) is 5.11 Å². The van der Waals surface area contributed by atoms with Crippen molar-refractivity contribution in [1.29, 1.82) is 0 Å². The van der Waals surface area contributed by atoms with Crippen LogP contribution in [0.25, 0.3) is 0 Å². The van der Waals surface area contributed by atoms with E-state index in [1.165, 1.54) is 5.56 Å². The van der Waals surface area contributed by atoms with Crippen molar-refractivity contribution in [2.24, 2.45) is 5.73 Å². The molecule has 0 atom stereocenters. The first kappa shape index (κ1) is 11.9. The van der Waals surface area contributed by atoms with E-state index in [1.54, 1.807) is 7.11 Å². The largest absolute Gasteiger partial charge is 0.383 e. The Balaban J connectivity index is 2.55. The Labute approximate surface area is 95.8 Å². The molecule has 2 N–H and O–H groups in total. The van der Waals surface area contributed by atoms with Crippen molar-refractivity contribution in [2.75, 3.05) is 20.3 Å². The zero-order valence-electron chi connectivity index (χ0n) is 8.85. The maximum absolute atomic E-state index is 5.63. The van der Waals surface area contributed by atoms with E-state index in [0.717, 1.165) is 13.1 Å². The summed E-state index contributed by atoms with van der Waals surface area (Å²) in [6, 6.07) is 10.1. The van der Waals surface area contributed by atoms with E-state index in [1.807, 2.05) is 23.1 Å². The Morgan fingerprint density at radius 3 is 2.60 bits per heavy atom. The van der Waals surface area contributed by atoms with Gasteiger partial charge in [-0.3, -0.25) is 0 Å². The van der Waals surface area contributed by atoms with Gasteiger partial charge in [0.2, 0.25) is 0 Å². The fourth-order valence-electron chi connectivity index (χ4n) is 1.27. The van der Waals surface area contributed by atoms with Crippen molar-refractivity contribution in [3.8, 4) is 0 Å². The summed E-state index contributed by atoms with van der Waals surface area (Å²) in [5.41, 5.74) is 6.82. The number of nitrogens with zero attached hydrogens (tertiary/aromatic N) is 1. The molecule has 0 saturated carbocycles. The normalized spacial score (nSPS) is 9.93. The van der Waals surface area contributed by atoms with Crippen molar-refractivity contribution in [1.82, 2.24) is 4.90 Å². The lowest BCUT2D eigenvalue weighted by molar-refractivity contribution is 0.174. The predicted octanol–water partition coefficient (Wildman–Crippen LogP) is 1.38. The molecule has 0 aliphatic heterocycles. The molecule has 0 bridgehead atoms. The first-order valence-corrected chi connectivity index (χ1v) is 5.22. The highest BCUT2D eigenvalue weighted by atomic mass is 32.1. The molecule has 0 aliphatic rings. The molecule has 0 fully saturated rings. The van der Waals surface area contributed by atoms with Gasteiger partial charge >= 0.3 is 0 Å². The zero-order valence-corrected chi connectivity index (χ0v) is 9.67. The third-order valence-electron chi connectivity index (χ3n) is 2.09. The molecule has 0 unspecified atom stereocenters. The number of thiocarbonyl (C=S) groups is 1. The molecule has 0 heterocycles. The van der Waals surface area contributed by atoms with Crippen LogP contribution in [0, 0.1) is 0 Å². The molecule has 0 saturated heterocycles. The number of ether oxygens (including phenoxy) is 1. The van der Waals surface area contributed by atoms with Crippen LogP contribution in [-0.2, 0) is 11.3 Å². The fraction of sp³-hybridized carbons (Fsp3) is 0.364. The molecule has 0 aliphatic carbocycles. The van der Waals surface area contributed by atoms with Crippen molar-refractivity contribution in [3.63, 3.8) is 0 Å². The summed E-state index contributed by atoms with van der Waals surface area (Å²) >= 11 is 4.98. The lowest BCUT2D eigenvalue weighted by Gasteiger charge is -2.22. The average Bonchev–Trinajstić information content (AvgIpc) is 2.25. The quantitative estimate of drug-likeness (QED) is 0.767. The van der Waals surface area contributed by atoms with Gasteiger partial charge in [0, 0.05) is 20.2 Å². The van der Waals surface area contributed by atoms with Gasteiger partial charge in [0.05, 0.1) is 6.61 Å². The number of rotatable bonds is 5. The molecule has 1 aromatic carbocycles. The minimum absolute atomic E-state index is 0.413. The number of nitrogens with two attached hydrogens (primary N) is 1. The topological polar surface area (TPSA) is 38.5 Å². The molecule has 15 heavy (non-hydrogen) atoms. The fourth-order valence-corrected chi connectivity index (χ4v) is 1.43. The van der Waals surface area contributed by atoms with Crippen LogP contribution in [0.15, 0.2) is 30.3 Å². The molecule has 0 radical (unpaired) electrons. The summed E-state index contributed by atoms with van der Waals surface area (Å²) < 4.78 is 5.00. The summed E-state index contributed by atoms with van der Waals surface area (Å²) in [7, 11) is 1.67. The minimum atomic E-state index is 0.413. The third kappa shape index (κ3) is 4.27. The Kier molecular flexibility index (Phi) is 5.07. The van der Waals surface area contributed by atoms with Crippen molar-refractivity contribution >= 4 is 17.3 Å². The number of hydrogen-bond acceptors (Lipinski definition) is 2. The lowest BCUT2D eigenvalue weighted by Crippen LogP contribution is -2.37. The van der Waals surface area contributed by atoms with Gasteiger partial charge in [-0.25, -0.2) is 0 Å². The van der Waals surface area contributed by atoms with Crippen molar-refractivity contribution in [2.45, 2.75) is 6.54 Å². The SMILES string of the molecule is COCCN(Cc1ccccc1)C(N)=S. The summed E-state index contributed by atoms with van der Waals surface area (Å²) in [5, 5.41) is 0.413. The predicted molar refractivity (Wildman–Crippen MR) is 65.5 cm³/mol. The van der Waals surface area contributed by atoms with Gasteiger partial charge in [0.1, 0.15) is 0 Å². The van der Waals surface area contributed by atoms with Gasteiger partial charge in [-0.15, -0.1) is 0 Å². The molecule has 0 aromatic heterocycles. The van der Waals surface area contributed by atoms with E-state index >= 15 is 0 Å². The van der Waals surface area contributed by atoms with Gasteiger partial charge in [-0.2, -0.15) is 0 Å². The van der Waals surface area contributed by atoms with Gasteiger partial charge in [0.25, 0.3) is 0 Å². The Morgan fingerprint density at radius 1 is 1.40 bits per heavy atom. The second kappa shape index (κ2) is 6.37. The maximum atomic E-state index is 5.63. The lowest BCUT2D eigenvalue weighted by atomic mass is 10.2. The number of hydrogen-bond donors (Lipinski definition) is 1. The molecule has 1 aromatic rings. The van der Waals surface area contributed by atoms with Crippen LogP contribution >= 0.6 is 12.2 Å². The second-order valence-electron chi connectivity index (χ2n) is 3.24. The van der Waals surface area contributed by atoms with Crippen molar-refractivity contribution < 1.29 is 4.74 Å². The average molecular weight is 224 g/mol. The van der Waals surface area contributed by atoms with E-state index in [9.17, 15) is 0 Å². The highest BCUT2D eigenvalue weighted by Gasteiger charge is 2.06. The Bertz CT molecular complexity index is 303. The van der Waals surface area contributed by atoms with E-state index in [-0.39, 0.29) is 0 Å². The second-order valence-corrected chi connectivity index (χ2v) is 3.66. The van der Waals surface area contributed by atoms with Gasteiger partial charge < -0.3 is 15.4 Å². The van der Waals surface area contributed by atoms with E-state index in [4.69, 9.17) is 22.7 Å². The first-order valence-electron chi connectivity index (χ1n) is 4.81. The maximum Gasteiger partial charge on any atom is 0.166 e. The van der Waals surface area contributed by atoms with Crippen LogP contribution in [-0.4, -0.2) is 30.3 Å². The minimum Gasteiger partial charge on any atom is -0.383 e. The Morgan fingerprint density at radius 2 is 2.07 bits per heavy atom. The Hall–Kier alpha value is -1.13. The molecule has 4 heteroatoms. The van der Waals surface area contributed by atoms with Gasteiger partial charge in [-0.1, -0.05) is 30.3 Å². The molecule has 0 amide bonds. The molecule has 3 nitrogen and oxygen atoms in total. The summed E-state index contributed by atoms with van der Waals surface area (Å²) in [6.07, 6.45) is 0. The third-order valence-corrected chi connectivity index (χ3v) is 2.35. The monoisotopic (exact) mass is 224 g/mol. The van der Waals surface area contributed by atoms with E-state index < -0.39 is 0 Å². The summed E-state index contributed by atoms with van der Waals surface area (Å²) in [4.78, 5) is 1.92. The summed E-state index contributed by atoms with van der Waals surface area (Å²) in [5.74, 6) is 0. The van der Waals surface area contributed by atoms with Crippen LogP contribution in [0.3, 0.4) is 0 Å². The van der Waals surface area contributed by atoms with Crippen LogP contribution in [0.4, 0.5) is 0 Å². The highest BCUT2D eigenvalue weighted by Crippen LogP contribution is 2.03. The number of methoxy groups -OCH3 is 1.